The molecule has 23 heavy (non-hydrogen) atoms. The molecule has 0 aromatic heterocycles. The van der Waals surface area contributed by atoms with Gasteiger partial charge in [-0.15, -0.1) is 0 Å². The molecule has 112 valence electrons. The van der Waals surface area contributed by atoms with E-state index in [-0.39, 0.29) is 0 Å². The minimum absolute atomic E-state index is 0.614. The van der Waals surface area contributed by atoms with Crippen LogP contribution in [0.4, 0.5) is 0 Å². The Hall–Kier alpha value is -2.64. The molecule has 1 heteroatoms. The number of benzene rings is 4. The lowest BCUT2D eigenvalue weighted by atomic mass is 9.90. The van der Waals surface area contributed by atoms with Crippen LogP contribution in [0, 0.1) is 0 Å². The summed E-state index contributed by atoms with van der Waals surface area (Å²) in [5.41, 5.74) is 3.77. The second-order valence-electron chi connectivity index (χ2n) is 5.78. The summed E-state index contributed by atoms with van der Waals surface area (Å²) in [6, 6.07) is 28.0. The zero-order valence-electron chi connectivity index (χ0n) is 13.1. The fraction of sp³-hybridized carbons (Fsp3) is 0.0909. The van der Waals surface area contributed by atoms with Crippen molar-refractivity contribution in [3.63, 3.8) is 0 Å². The van der Waals surface area contributed by atoms with Gasteiger partial charge >= 0.3 is 0 Å². The van der Waals surface area contributed by atoms with Gasteiger partial charge in [-0.2, -0.15) is 0 Å². The van der Waals surface area contributed by atoms with Crippen LogP contribution in [0.1, 0.15) is 5.56 Å². The van der Waals surface area contributed by atoms with Crippen molar-refractivity contribution in [1.29, 1.82) is 0 Å². The molecule has 0 fully saturated rings. The van der Waals surface area contributed by atoms with E-state index in [2.05, 4.69) is 78.9 Å². The van der Waals surface area contributed by atoms with Gasteiger partial charge in [-0.05, 0) is 38.2 Å². The van der Waals surface area contributed by atoms with Gasteiger partial charge in [0.05, 0.1) is 6.61 Å². The average Bonchev–Trinajstić information content (AvgIpc) is 2.61. The van der Waals surface area contributed by atoms with E-state index in [4.69, 9.17) is 4.74 Å². The predicted octanol–water partition coefficient (Wildman–Crippen LogP) is 5.81. The molecule has 0 aliphatic carbocycles. The van der Waals surface area contributed by atoms with Gasteiger partial charge in [0.15, 0.2) is 0 Å². The fourth-order valence-electron chi connectivity index (χ4n) is 3.35. The third-order valence-electron chi connectivity index (χ3n) is 4.37. The summed E-state index contributed by atoms with van der Waals surface area (Å²) < 4.78 is 5.45. The van der Waals surface area contributed by atoms with E-state index in [1.165, 1.54) is 38.2 Å². The smallest absolute Gasteiger partial charge is 0.0719 e. The molecule has 4 rings (SSSR count). The summed E-state index contributed by atoms with van der Waals surface area (Å²) in [4.78, 5) is 0. The van der Waals surface area contributed by atoms with Gasteiger partial charge in [0.25, 0.3) is 0 Å². The molecule has 0 aliphatic heterocycles. The molecule has 1 nitrogen and oxygen atoms in total. The molecule has 0 bridgehead atoms. The van der Waals surface area contributed by atoms with Gasteiger partial charge in [0.2, 0.25) is 0 Å². The van der Waals surface area contributed by atoms with Crippen molar-refractivity contribution in [3.8, 4) is 11.1 Å². The number of ether oxygens (including phenoxy) is 1. The number of methoxy groups -OCH3 is 1. The highest BCUT2D eigenvalue weighted by Crippen LogP contribution is 2.36. The van der Waals surface area contributed by atoms with Gasteiger partial charge in [-0.1, -0.05) is 78.9 Å². The van der Waals surface area contributed by atoms with Crippen molar-refractivity contribution in [2.45, 2.75) is 6.61 Å². The highest BCUT2D eigenvalue weighted by Gasteiger charge is 2.12. The lowest BCUT2D eigenvalue weighted by Crippen LogP contribution is -1.94. The molecule has 0 atom stereocenters. The van der Waals surface area contributed by atoms with Crippen molar-refractivity contribution in [2.75, 3.05) is 7.11 Å². The number of fused-ring (bicyclic) bond motifs is 2. The number of hydrogen-bond donors (Lipinski definition) is 0. The van der Waals surface area contributed by atoms with Gasteiger partial charge in [0, 0.05) is 7.11 Å². The first kappa shape index (κ1) is 14.0. The van der Waals surface area contributed by atoms with E-state index in [0.717, 1.165) is 0 Å². The molecule has 0 saturated carbocycles. The van der Waals surface area contributed by atoms with Crippen molar-refractivity contribution in [3.05, 3.63) is 84.4 Å². The Morgan fingerprint density at radius 3 is 2.09 bits per heavy atom. The normalized spacial score (nSPS) is 11.2. The zero-order valence-corrected chi connectivity index (χ0v) is 13.1. The van der Waals surface area contributed by atoms with Crippen molar-refractivity contribution < 1.29 is 4.74 Å². The monoisotopic (exact) mass is 298 g/mol. The zero-order chi connectivity index (χ0) is 15.6. The molecule has 0 N–H and O–H groups in total. The lowest BCUT2D eigenvalue weighted by Gasteiger charge is -2.15. The summed E-state index contributed by atoms with van der Waals surface area (Å²) >= 11 is 0. The predicted molar refractivity (Wildman–Crippen MR) is 97.6 cm³/mol. The number of hydrogen-bond acceptors (Lipinski definition) is 1. The summed E-state index contributed by atoms with van der Waals surface area (Å²) in [5.74, 6) is 0. The van der Waals surface area contributed by atoms with Gasteiger partial charge in [-0.3, -0.25) is 0 Å². The Kier molecular flexibility index (Phi) is 3.57. The van der Waals surface area contributed by atoms with Crippen LogP contribution in [0.25, 0.3) is 32.7 Å². The van der Waals surface area contributed by atoms with Crippen molar-refractivity contribution in [1.82, 2.24) is 0 Å². The van der Waals surface area contributed by atoms with Crippen LogP contribution >= 0.6 is 0 Å². The molecule has 0 radical (unpaired) electrons. The molecule has 0 spiro atoms. The molecule has 0 aliphatic rings. The van der Waals surface area contributed by atoms with E-state index in [1.54, 1.807) is 7.11 Å². The first-order chi connectivity index (χ1) is 11.4. The Morgan fingerprint density at radius 1 is 0.652 bits per heavy atom. The average molecular weight is 298 g/mol. The van der Waals surface area contributed by atoms with Crippen LogP contribution in [0.2, 0.25) is 0 Å². The summed E-state index contributed by atoms with van der Waals surface area (Å²) in [7, 11) is 1.75. The highest BCUT2D eigenvalue weighted by molar-refractivity contribution is 6.06. The van der Waals surface area contributed by atoms with Crippen molar-refractivity contribution >= 4 is 21.5 Å². The molecular formula is C22H18O. The SMILES string of the molecule is COCc1ccc2ccccc2c1-c1cccc2ccccc12. The molecule has 4 aromatic carbocycles. The highest BCUT2D eigenvalue weighted by atomic mass is 16.5. The largest absolute Gasteiger partial charge is 0.380 e. The summed E-state index contributed by atoms with van der Waals surface area (Å²) in [6.07, 6.45) is 0. The molecule has 4 aromatic rings. The van der Waals surface area contributed by atoms with Crippen molar-refractivity contribution in [2.24, 2.45) is 0 Å². The Labute approximate surface area is 136 Å². The van der Waals surface area contributed by atoms with E-state index in [0.29, 0.717) is 6.61 Å². The topological polar surface area (TPSA) is 9.23 Å². The quantitative estimate of drug-likeness (QED) is 0.464. The Morgan fingerprint density at radius 2 is 1.30 bits per heavy atom. The van der Waals surface area contributed by atoms with E-state index < -0.39 is 0 Å². The second kappa shape index (κ2) is 5.86. The van der Waals surface area contributed by atoms with Crippen LogP contribution in [0.3, 0.4) is 0 Å². The molecule has 0 unspecified atom stereocenters. The molecule has 0 saturated heterocycles. The molecule has 0 heterocycles. The van der Waals surface area contributed by atoms with Crippen LogP contribution < -0.4 is 0 Å². The van der Waals surface area contributed by atoms with E-state index in [9.17, 15) is 0 Å². The minimum atomic E-state index is 0.614. The van der Waals surface area contributed by atoms with Crippen LogP contribution in [0.5, 0.6) is 0 Å². The minimum Gasteiger partial charge on any atom is -0.380 e. The Balaban J connectivity index is 2.12. The summed E-state index contributed by atoms with van der Waals surface area (Å²) in [5, 5.41) is 5.08. The van der Waals surface area contributed by atoms with E-state index >= 15 is 0 Å². The lowest BCUT2D eigenvalue weighted by molar-refractivity contribution is 0.185. The first-order valence-corrected chi connectivity index (χ1v) is 7.86. The van der Waals surface area contributed by atoms with Crippen LogP contribution in [-0.4, -0.2) is 7.11 Å². The number of rotatable bonds is 3. The standard InChI is InChI=1S/C22H18O/c1-23-15-18-14-13-17-8-3-5-11-20(17)22(18)21-12-6-9-16-7-2-4-10-19(16)21/h2-14H,15H2,1H3. The van der Waals surface area contributed by atoms with Crippen LogP contribution in [-0.2, 0) is 11.3 Å². The van der Waals surface area contributed by atoms with Gasteiger partial charge in [-0.25, -0.2) is 0 Å². The Bertz CT molecular complexity index is 980. The fourth-order valence-corrected chi connectivity index (χ4v) is 3.35. The maximum absolute atomic E-state index is 5.45. The third-order valence-corrected chi connectivity index (χ3v) is 4.37. The maximum atomic E-state index is 5.45. The third kappa shape index (κ3) is 2.39. The molecular weight excluding hydrogens is 280 g/mol. The van der Waals surface area contributed by atoms with E-state index in [1.807, 2.05) is 0 Å². The van der Waals surface area contributed by atoms with Gasteiger partial charge in [0.1, 0.15) is 0 Å². The first-order valence-electron chi connectivity index (χ1n) is 7.86. The maximum Gasteiger partial charge on any atom is 0.0719 e. The second-order valence-corrected chi connectivity index (χ2v) is 5.78. The van der Waals surface area contributed by atoms with Gasteiger partial charge < -0.3 is 4.74 Å². The molecule has 0 amide bonds. The summed E-state index contributed by atoms with van der Waals surface area (Å²) in [6.45, 7) is 0.614. The van der Waals surface area contributed by atoms with Crippen LogP contribution in [0.15, 0.2) is 78.9 Å².